The fourth-order valence-corrected chi connectivity index (χ4v) is 5.55. The van der Waals surface area contributed by atoms with Crippen molar-refractivity contribution >= 4 is 29.4 Å². The summed E-state index contributed by atoms with van der Waals surface area (Å²) in [5.74, 6) is -1.69. The Bertz CT molecular complexity index is 1200. The first-order chi connectivity index (χ1) is 29.0. The van der Waals surface area contributed by atoms with E-state index in [4.69, 9.17) is 62.9 Å². The summed E-state index contributed by atoms with van der Waals surface area (Å²) in [5, 5.41) is 18.9. The Labute approximate surface area is 359 Å². The number of ketones is 1. The molecule has 0 fully saturated rings. The maximum Gasteiger partial charge on any atom is 0.305 e. The lowest BCUT2D eigenvalue weighted by Crippen LogP contribution is -2.37. The summed E-state index contributed by atoms with van der Waals surface area (Å²) < 4.78 is 62.2. The minimum Gasteiger partial charge on any atom is -0.481 e. The predicted octanol–water partition coefficient (Wildman–Crippen LogP) is 1.01. The first-order valence-corrected chi connectivity index (χ1v) is 21.6. The van der Waals surface area contributed by atoms with Gasteiger partial charge in [0, 0.05) is 12.4 Å². The van der Waals surface area contributed by atoms with E-state index in [0.29, 0.717) is 156 Å². The molecule has 1 heterocycles. The molecule has 1 aromatic heterocycles. The van der Waals surface area contributed by atoms with Crippen molar-refractivity contribution in [3.63, 3.8) is 0 Å². The standard InChI is InChI=1S/C39H73N5O15S/c1-33(45)35(40)32-60-36(29-37(46)47)38(48)41-30-34-31-44(43-42-34)6-8-50-10-12-52-14-16-54-18-20-56-22-24-58-26-28-59-27-25-57-23-21-55-19-17-53-15-13-51-11-9-49-7-5-39(2,3)4/h31,35-36H,5-30,32,40H2,1-4H3,(H,41,48)(H,46,47). The minimum atomic E-state index is -1.12. The molecule has 1 rings (SSSR count). The first-order valence-electron chi connectivity index (χ1n) is 20.6. The van der Waals surface area contributed by atoms with Gasteiger partial charge in [-0.25, -0.2) is 4.68 Å². The van der Waals surface area contributed by atoms with Crippen molar-refractivity contribution in [1.29, 1.82) is 0 Å². The second kappa shape index (κ2) is 38.3. The zero-order valence-corrected chi connectivity index (χ0v) is 37.1. The Balaban J connectivity index is 1.80. The van der Waals surface area contributed by atoms with E-state index in [1.54, 1.807) is 10.9 Å². The van der Waals surface area contributed by atoms with Gasteiger partial charge in [0.1, 0.15) is 11.5 Å². The van der Waals surface area contributed by atoms with Gasteiger partial charge < -0.3 is 68.3 Å². The van der Waals surface area contributed by atoms with Crippen molar-refractivity contribution in [2.24, 2.45) is 11.1 Å². The second-order valence-electron chi connectivity index (χ2n) is 14.4. The molecule has 0 spiro atoms. The zero-order valence-electron chi connectivity index (χ0n) is 36.3. The highest BCUT2D eigenvalue weighted by molar-refractivity contribution is 8.00. The molecule has 1 aromatic rings. The molecule has 0 aliphatic rings. The number of nitrogens with zero attached hydrogens (tertiary/aromatic N) is 3. The van der Waals surface area contributed by atoms with E-state index in [9.17, 15) is 14.4 Å². The average Bonchev–Trinajstić information content (AvgIpc) is 3.66. The van der Waals surface area contributed by atoms with Crippen molar-refractivity contribution < 1.29 is 71.6 Å². The van der Waals surface area contributed by atoms with Gasteiger partial charge in [0.25, 0.3) is 0 Å². The van der Waals surface area contributed by atoms with Gasteiger partial charge >= 0.3 is 5.97 Å². The molecule has 0 aliphatic heterocycles. The van der Waals surface area contributed by atoms with Crippen molar-refractivity contribution in [1.82, 2.24) is 20.3 Å². The van der Waals surface area contributed by atoms with Crippen LogP contribution in [0.1, 0.15) is 46.2 Å². The van der Waals surface area contributed by atoms with Gasteiger partial charge in [0.15, 0.2) is 0 Å². The third-order valence-corrected chi connectivity index (χ3v) is 9.20. The lowest BCUT2D eigenvalue weighted by molar-refractivity contribution is -0.138. The highest BCUT2D eigenvalue weighted by Crippen LogP contribution is 2.18. The molecule has 0 bridgehead atoms. The third kappa shape index (κ3) is 36.3. The Hall–Kier alpha value is -2.38. The Morgan fingerprint density at radius 3 is 1.38 bits per heavy atom. The molecule has 0 saturated heterocycles. The van der Waals surface area contributed by atoms with Crippen LogP contribution in [-0.4, -0.2) is 200 Å². The number of amides is 1. The predicted molar refractivity (Wildman–Crippen MR) is 222 cm³/mol. The van der Waals surface area contributed by atoms with Gasteiger partial charge in [-0.1, -0.05) is 26.0 Å². The number of carbonyl (C=O) groups excluding carboxylic acids is 2. The van der Waals surface area contributed by atoms with Crippen molar-refractivity contribution in [2.45, 2.75) is 64.9 Å². The number of Topliss-reactive ketones (excluding diaryl/α,β-unsaturated/α-hetero) is 1. The molecule has 0 aliphatic carbocycles. The average molecular weight is 884 g/mol. The van der Waals surface area contributed by atoms with Crippen molar-refractivity contribution in [3.8, 4) is 0 Å². The molecular formula is C39H73N5O15S. The maximum atomic E-state index is 12.5. The van der Waals surface area contributed by atoms with Crippen LogP contribution in [0.15, 0.2) is 6.20 Å². The molecule has 1 amide bonds. The summed E-state index contributed by atoms with van der Waals surface area (Å²) in [4.78, 5) is 35.1. The molecule has 350 valence electrons. The van der Waals surface area contributed by atoms with Gasteiger partial charge in [-0.15, -0.1) is 16.9 Å². The molecule has 21 heteroatoms. The van der Waals surface area contributed by atoms with Crippen LogP contribution in [-0.2, 0) is 79.6 Å². The smallest absolute Gasteiger partial charge is 0.305 e. The Morgan fingerprint density at radius 1 is 0.667 bits per heavy atom. The van der Waals surface area contributed by atoms with Crippen LogP contribution in [0.25, 0.3) is 0 Å². The molecular weight excluding hydrogens is 811 g/mol. The number of hydrogen-bond acceptors (Lipinski definition) is 18. The van der Waals surface area contributed by atoms with E-state index in [-0.39, 0.29) is 18.1 Å². The van der Waals surface area contributed by atoms with E-state index in [1.165, 1.54) is 6.92 Å². The third-order valence-electron chi connectivity index (χ3n) is 7.86. The largest absolute Gasteiger partial charge is 0.481 e. The zero-order chi connectivity index (χ0) is 43.9. The number of carboxylic acids is 1. The summed E-state index contributed by atoms with van der Waals surface area (Å²) in [6.07, 6.45) is 2.31. The molecule has 0 radical (unpaired) electrons. The van der Waals surface area contributed by atoms with Crippen LogP contribution in [0.3, 0.4) is 0 Å². The minimum absolute atomic E-state index is 0.0730. The maximum absolute atomic E-state index is 12.5. The number of thioether (sulfide) groups is 1. The highest BCUT2D eigenvalue weighted by atomic mass is 32.2. The molecule has 60 heavy (non-hydrogen) atoms. The lowest BCUT2D eigenvalue weighted by Gasteiger charge is -2.17. The molecule has 2 unspecified atom stereocenters. The first kappa shape index (κ1) is 55.6. The van der Waals surface area contributed by atoms with Gasteiger partial charge in [-0.3, -0.25) is 14.4 Å². The van der Waals surface area contributed by atoms with Crippen LogP contribution in [0.5, 0.6) is 0 Å². The number of hydrogen-bond donors (Lipinski definition) is 3. The van der Waals surface area contributed by atoms with Crippen molar-refractivity contribution in [3.05, 3.63) is 11.9 Å². The highest BCUT2D eigenvalue weighted by Gasteiger charge is 2.24. The fraction of sp³-hybridized carbons (Fsp3) is 0.872. The SMILES string of the molecule is CC(=O)C(N)CSC(CC(=O)O)C(=O)NCc1cn(CCOCCOCCOCCOCCOCCOCCOCCOCCOCCOCCOCCC(C)(C)C)nn1. The van der Waals surface area contributed by atoms with E-state index in [1.807, 2.05) is 0 Å². The summed E-state index contributed by atoms with van der Waals surface area (Å²) in [7, 11) is 0. The van der Waals surface area contributed by atoms with Crippen LogP contribution >= 0.6 is 11.8 Å². The van der Waals surface area contributed by atoms with E-state index in [2.05, 4.69) is 36.4 Å². The second-order valence-corrected chi connectivity index (χ2v) is 15.6. The van der Waals surface area contributed by atoms with Gasteiger partial charge in [-0.05, 0) is 18.8 Å². The molecule has 2 atom stereocenters. The van der Waals surface area contributed by atoms with Crippen LogP contribution in [0.2, 0.25) is 0 Å². The van der Waals surface area contributed by atoms with Crippen LogP contribution in [0, 0.1) is 5.41 Å². The summed E-state index contributed by atoms with van der Waals surface area (Å²) in [6, 6.07) is -0.764. The molecule has 0 aromatic carbocycles. The van der Waals surface area contributed by atoms with E-state index < -0.39 is 29.6 Å². The van der Waals surface area contributed by atoms with Gasteiger partial charge in [0.2, 0.25) is 5.91 Å². The van der Waals surface area contributed by atoms with Crippen LogP contribution in [0.4, 0.5) is 0 Å². The number of nitrogens with two attached hydrogens (primary N) is 1. The monoisotopic (exact) mass is 883 g/mol. The Kier molecular flexibility index (Phi) is 35.5. The van der Waals surface area contributed by atoms with Gasteiger partial charge in [-0.2, -0.15) is 0 Å². The van der Waals surface area contributed by atoms with Crippen molar-refractivity contribution in [2.75, 3.05) is 151 Å². The normalized spacial score (nSPS) is 12.8. The number of carboxylic acid groups (broad SMARTS) is 1. The molecule has 4 N–H and O–H groups in total. The summed E-state index contributed by atoms with van der Waals surface area (Å²) in [6.45, 7) is 19.3. The number of rotatable bonds is 44. The van der Waals surface area contributed by atoms with E-state index in [0.717, 1.165) is 24.8 Å². The number of aromatic nitrogens is 3. The molecule has 0 saturated carbocycles. The van der Waals surface area contributed by atoms with E-state index >= 15 is 0 Å². The van der Waals surface area contributed by atoms with Gasteiger partial charge in [0.05, 0.1) is 176 Å². The summed E-state index contributed by atoms with van der Waals surface area (Å²) >= 11 is 1.03. The number of nitrogens with one attached hydrogen (secondary N) is 1. The summed E-state index contributed by atoms with van der Waals surface area (Å²) in [5.41, 5.74) is 6.50. The quantitative estimate of drug-likeness (QED) is 0.0775. The number of carbonyl (C=O) groups is 3. The number of ether oxygens (including phenoxy) is 11. The lowest BCUT2D eigenvalue weighted by atomic mass is 9.93. The Morgan fingerprint density at radius 2 is 1.03 bits per heavy atom. The number of aliphatic carboxylic acids is 1. The topological polar surface area (TPSA) is 242 Å². The fourth-order valence-electron chi connectivity index (χ4n) is 4.38. The molecule has 20 nitrogen and oxygen atoms in total. The van der Waals surface area contributed by atoms with Crippen LogP contribution < -0.4 is 11.1 Å².